The Hall–Kier alpha value is -1.13. The maximum atomic E-state index is 12.6. The lowest BCUT2D eigenvalue weighted by Gasteiger charge is -2.49. The highest BCUT2D eigenvalue weighted by atomic mass is 16.7. The van der Waals surface area contributed by atoms with E-state index in [0.29, 0.717) is 25.9 Å². The first-order valence-electron chi connectivity index (χ1n) is 14.0. The summed E-state index contributed by atoms with van der Waals surface area (Å²) in [5.74, 6) is 4.44. The number of hydrogen-bond donors (Lipinski definition) is 12. The van der Waals surface area contributed by atoms with Crippen LogP contribution in [0.15, 0.2) is 0 Å². The second kappa shape index (κ2) is 15.6. The Morgan fingerprint density at radius 3 is 2.49 bits per heavy atom. The molecule has 0 spiro atoms. The summed E-state index contributed by atoms with van der Waals surface area (Å²) < 4.78 is 23.8. The molecule has 41 heavy (non-hydrogen) atoms. The summed E-state index contributed by atoms with van der Waals surface area (Å²) in [6.45, 7) is 1.96. The quantitative estimate of drug-likeness (QED) is 0.0535. The van der Waals surface area contributed by atoms with Gasteiger partial charge in [-0.3, -0.25) is 16.1 Å². The summed E-state index contributed by atoms with van der Waals surface area (Å²) in [5, 5.41) is 60.7. The third-order valence-corrected chi connectivity index (χ3v) is 7.84. The molecule has 17 heteroatoms. The Balaban J connectivity index is 1.78. The molecule has 2 saturated heterocycles. The van der Waals surface area contributed by atoms with Gasteiger partial charge in [0.1, 0.15) is 36.1 Å². The lowest BCUT2D eigenvalue weighted by molar-refractivity contribution is -0.307. The van der Waals surface area contributed by atoms with Gasteiger partial charge in [-0.05, 0) is 33.2 Å². The van der Waals surface area contributed by atoms with Gasteiger partial charge in [-0.1, -0.05) is 0 Å². The third kappa shape index (κ3) is 8.71. The smallest absolute Gasteiger partial charge is 0.250 e. The number of likely N-dealkylation sites (N-methyl/N-ethyl adjacent to an activating group) is 1. The Kier molecular flexibility index (Phi) is 13.0. The monoisotopic (exact) mass is 595 g/mol. The molecule has 2 heterocycles. The second-order valence-electron chi connectivity index (χ2n) is 11.2. The van der Waals surface area contributed by atoms with Crippen LogP contribution in [0, 0.1) is 0 Å². The average Bonchev–Trinajstić information content (AvgIpc) is 2.91. The molecule has 3 fully saturated rings. The molecule has 0 aromatic rings. The second-order valence-corrected chi connectivity index (χ2v) is 11.2. The van der Waals surface area contributed by atoms with Crippen LogP contribution < -0.4 is 38.7 Å². The predicted octanol–water partition coefficient (Wildman–Crippen LogP) is -6.37. The molecule has 17 nitrogen and oxygen atoms in total. The molecule has 1 saturated carbocycles. The minimum Gasteiger partial charge on any atom is -0.395 e. The van der Waals surface area contributed by atoms with Crippen molar-refractivity contribution in [2.24, 2.45) is 17.3 Å². The molecule has 13 atom stereocenters. The van der Waals surface area contributed by atoms with Crippen molar-refractivity contribution in [2.75, 3.05) is 39.9 Å². The van der Waals surface area contributed by atoms with Gasteiger partial charge in [0.25, 0.3) is 5.91 Å². The van der Waals surface area contributed by atoms with Crippen molar-refractivity contribution in [3.05, 3.63) is 0 Å². The number of nitrogens with two attached hydrogens (primary N) is 3. The van der Waals surface area contributed by atoms with Gasteiger partial charge in [0.15, 0.2) is 12.6 Å². The number of hydrogen-bond acceptors (Lipinski definition) is 16. The van der Waals surface area contributed by atoms with E-state index in [-0.39, 0.29) is 32.3 Å². The Morgan fingerprint density at radius 1 is 1.12 bits per heavy atom. The van der Waals surface area contributed by atoms with Crippen molar-refractivity contribution >= 4 is 5.91 Å². The number of carbonyl (C=O) groups is 1. The van der Waals surface area contributed by atoms with Crippen LogP contribution in [0.25, 0.3) is 0 Å². The molecule has 0 radical (unpaired) electrons. The maximum absolute atomic E-state index is 12.6. The highest BCUT2D eigenvalue weighted by molar-refractivity contribution is 5.81. The predicted molar refractivity (Wildman–Crippen MR) is 144 cm³/mol. The van der Waals surface area contributed by atoms with Gasteiger partial charge in [-0.25, -0.2) is 0 Å². The molecule has 0 aromatic carbocycles. The fraction of sp³-hybridized carbons (Fsp3) is 0.958. The first-order valence-corrected chi connectivity index (χ1v) is 14.0. The summed E-state index contributed by atoms with van der Waals surface area (Å²) in [7, 11) is 1.57. The highest BCUT2D eigenvalue weighted by Gasteiger charge is 2.52. The normalized spacial score (nSPS) is 42.5. The van der Waals surface area contributed by atoms with E-state index in [9.17, 15) is 25.2 Å². The van der Waals surface area contributed by atoms with Crippen LogP contribution in [-0.4, -0.2) is 150 Å². The van der Waals surface area contributed by atoms with E-state index in [0.717, 1.165) is 0 Å². The molecule has 0 aromatic heterocycles. The number of aliphatic hydroxyl groups excluding tert-OH is 4. The van der Waals surface area contributed by atoms with Gasteiger partial charge in [-0.15, -0.1) is 0 Å². The first kappa shape index (κ1) is 34.4. The lowest BCUT2D eigenvalue weighted by atomic mass is 9.83. The molecule has 0 bridgehead atoms. The number of amides is 1. The molecular weight excluding hydrogens is 546 g/mol. The fourth-order valence-corrected chi connectivity index (χ4v) is 5.59. The van der Waals surface area contributed by atoms with Gasteiger partial charge in [0.05, 0.1) is 37.4 Å². The zero-order valence-corrected chi connectivity index (χ0v) is 23.6. The van der Waals surface area contributed by atoms with E-state index in [1.54, 1.807) is 7.05 Å². The van der Waals surface area contributed by atoms with Gasteiger partial charge in [0.2, 0.25) is 0 Å². The van der Waals surface area contributed by atoms with Gasteiger partial charge in [-0.2, -0.15) is 0 Å². The fourth-order valence-electron chi connectivity index (χ4n) is 5.59. The van der Waals surface area contributed by atoms with E-state index >= 15 is 0 Å². The van der Waals surface area contributed by atoms with E-state index in [4.69, 9.17) is 41.4 Å². The van der Waals surface area contributed by atoms with Crippen LogP contribution in [-0.2, 0) is 23.7 Å². The maximum Gasteiger partial charge on any atom is 0.250 e. The number of rotatable bonds is 13. The Morgan fingerprint density at radius 2 is 1.83 bits per heavy atom. The number of nitrogens with one attached hydrogen (secondary N) is 4. The molecule has 1 aliphatic carbocycles. The summed E-state index contributed by atoms with van der Waals surface area (Å²) >= 11 is 0. The van der Waals surface area contributed by atoms with Crippen molar-refractivity contribution in [3.8, 4) is 0 Å². The molecule has 3 aliphatic rings. The van der Waals surface area contributed by atoms with E-state index in [1.807, 2.05) is 0 Å². The van der Waals surface area contributed by atoms with E-state index < -0.39 is 78.8 Å². The van der Waals surface area contributed by atoms with Crippen molar-refractivity contribution in [1.82, 2.24) is 21.4 Å². The summed E-state index contributed by atoms with van der Waals surface area (Å²) in [6.07, 6.45) is -7.69. The minimum atomic E-state index is -1.49. The van der Waals surface area contributed by atoms with Crippen LogP contribution in [0.1, 0.15) is 26.2 Å². The molecule has 1 amide bonds. The number of aliphatic hydroxyl groups is 5. The van der Waals surface area contributed by atoms with Crippen LogP contribution >= 0.6 is 0 Å². The summed E-state index contributed by atoms with van der Waals surface area (Å²) in [5.41, 5.74) is 13.5. The van der Waals surface area contributed by atoms with Crippen molar-refractivity contribution in [3.63, 3.8) is 0 Å². The zero-order valence-electron chi connectivity index (χ0n) is 23.6. The average molecular weight is 596 g/mol. The molecule has 2 aliphatic heterocycles. The van der Waals surface area contributed by atoms with Crippen LogP contribution in [0.2, 0.25) is 0 Å². The van der Waals surface area contributed by atoms with Crippen molar-refractivity contribution in [2.45, 2.75) is 105 Å². The first-order chi connectivity index (χ1) is 19.4. The number of hydrazine groups is 1. The summed E-state index contributed by atoms with van der Waals surface area (Å²) in [6, 6.07) is -3.07. The number of carbonyl (C=O) groups excluding carboxylic acids is 1. The molecule has 15 N–H and O–H groups in total. The molecule has 240 valence electrons. The van der Waals surface area contributed by atoms with Crippen molar-refractivity contribution in [1.29, 1.82) is 0 Å². The van der Waals surface area contributed by atoms with Crippen LogP contribution in [0.4, 0.5) is 0 Å². The van der Waals surface area contributed by atoms with Crippen molar-refractivity contribution < 1.29 is 49.3 Å². The highest BCUT2D eigenvalue weighted by Crippen LogP contribution is 2.32. The molecule has 6 unspecified atom stereocenters. The van der Waals surface area contributed by atoms with E-state index in [2.05, 4.69) is 21.4 Å². The van der Waals surface area contributed by atoms with Gasteiger partial charge in [0, 0.05) is 25.7 Å². The SMILES string of the molecule is CN[C@@H]1C(O)[C@@H](OC2C(O)C(O[C@H]3O[C@H](CNCCO)CCC3N)[C@@H](N)C[C@H]2NC(=O)[C@@H](O)CNN)OCC1(C)O. The largest absolute Gasteiger partial charge is 0.395 e. The van der Waals surface area contributed by atoms with E-state index in [1.165, 1.54) is 6.92 Å². The molecule has 3 rings (SSSR count). The molecular formula is C24H49N7O10. The Labute approximate surface area is 239 Å². The minimum absolute atomic E-state index is 0.0137. The number of ether oxygens (including phenoxy) is 4. The zero-order chi connectivity index (χ0) is 30.3. The lowest BCUT2D eigenvalue weighted by Crippen LogP contribution is -2.69. The summed E-state index contributed by atoms with van der Waals surface area (Å²) in [4.78, 5) is 12.6. The topological polar surface area (TPSA) is 281 Å². The van der Waals surface area contributed by atoms with Crippen LogP contribution in [0.5, 0.6) is 0 Å². The van der Waals surface area contributed by atoms with Gasteiger partial charge >= 0.3 is 0 Å². The standard InChI is InChI=1S/C24H49N7O10/c1-24(37)10-38-23(17(35)20(24)28-2)41-19-14(31-21(36)15(33)9-30-27)7-13(26)18(16(19)34)40-22-12(25)4-3-11(39-22)8-29-5-6-32/h11-20,22-23,28-30,32-35,37H,3-10,25-27H2,1-2H3,(H,31,36)/t11-,12?,13-,14+,15-,16?,17?,18?,19?,20+,22+,23+,24?/m0/s1. The third-order valence-electron chi connectivity index (χ3n) is 7.84. The van der Waals surface area contributed by atoms with Gasteiger partial charge < -0.3 is 71.9 Å². The van der Waals surface area contributed by atoms with Crippen LogP contribution in [0.3, 0.4) is 0 Å². The Bertz CT molecular complexity index is 817.